The zero-order valence-electron chi connectivity index (χ0n) is 11.0. The second kappa shape index (κ2) is 7.58. The molecule has 0 aliphatic carbocycles. The van der Waals surface area contributed by atoms with E-state index in [1.807, 2.05) is 13.8 Å². The van der Waals surface area contributed by atoms with E-state index >= 15 is 0 Å². The third-order valence-electron chi connectivity index (χ3n) is 2.41. The summed E-state index contributed by atoms with van der Waals surface area (Å²) in [6, 6.07) is -0.839. The van der Waals surface area contributed by atoms with Crippen LogP contribution in [0, 0.1) is 5.92 Å². The normalized spacial score (nSPS) is 14.1. The van der Waals surface area contributed by atoms with Gasteiger partial charge in [0.05, 0.1) is 12.6 Å². The van der Waals surface area contributed by atoms with Crippen LogP contribution >= 0.6 is 0 Å². The van der Waals surface area contributed by atoms with Gasteiger partial charge in [-0.1, -0.05) is 13.8 Å². The molecule has 1 atom stereocenters. The number of rotatable bonds is 7. The molecule has 0 rings (SSSR count). The predicted octanol–water partition coefficient (Wildman–Crippen LogP) is 0.970. The van der Waals surface area contributed by atoms with E-state index < -0.39 is 24.7 Å². The summed E-state index contributed by atoms with van der Waals surface area (Å²) in [6.45, 7) is 4.73. The first-order valence-electron chi connectivity index (χ1n) is 5.96. The largest absolute Gasteiger partial charge is 0.401 e. The molecule has 0 radical (unpaired) electrons. The third-order valence-corrected chi connectivity index (χ3v) is 2.41. The highest BCUT2D eigenvalue weighted by Gasteiger charge is 2.34. The number of hydrogen-bond donors (Lipinski definition) is 2. The highest BCUT2D eigenvalue weighted by atomic mass is 19.4. The molecule has 4 nitrogen and oxygen atoms in total. The lowest BCUT2D eigenvalue weighted by Gasteiger charge is -2.28. The molecule has 0 bridgehead atoms. The van der Waals surface area contributed by atoms with Crippen molar-refractivity contribution < 1.29 is 18.0 Å². The van der Waals surface area contributed by atoms with Crippen molar-refractivity contribution in [3.63, 3.8) is 0 Å². The van der Waals surface area contributed by atoms with Crippen LogP contribution in [-0.4, -0.2) is 49.2 Å². The fourth-order valence-electron chi connectivity index (χ4n) is 1.42. The quantitative estimate of drug-likeness (QED) is 0.724. The van der Waals surface area contributed by atoms with Gasteiger partial charge in [0.15, 0.2) is 0 Å². The number of amides is 1. The first-order valence-corrected chi connectivity index (χ1v) is 5.96. The van der Waals surface area contributed by atoms with Gasteiger partial charge in [0.1, 0.15) is 0 Å². The number of hydrogen-bond acceptors (Lipinski definition) is 3. The molecule has 0 saturated carbocycles. The first kappa shape index (κ1) is 17.2. The molecule has 3 N–H and O–H groups in total. The number of carbonyl (C=O) groups is 1. The topological polar surface area (TPSA) is 58.4 Å². The predicted molar refractivity (Wildman–Crippen MR) is 64.0 cm³/mol. The number of nitrogens with two attached hydrogens (primary N) is 1. The lowest BCUT2D eigenvalue weighted by atomic mass is 10.2. The van der Waals surface area contributed by atoms with Crippen molar-refractivity contribution in [1.29, 1.82) is 0 Å². The Morgan fingerprint density at radius 3 is 2.28 bits per heavy atom. The van der Waals surface area contributed by atoms with Crippen LogP contribution in [-0.2, 0) is 4.79 Å². The van der Waals surface area contributed by atoms with Crippen LogP contribution in [0.5, 0.6) is 0 Å². The minimum absolute atomic E-state index is 0.0375. The second-order valence-electron chi connectivity index (χ2n) is 4.69. The van der Waals surface area contributed by atoms with Gasteiger partial charge in [-0.3, -0.25) is 9.69 Å². The Kier molecular flexibility index (Phi) is 7.23. The summed E-state index contributed by atoms with van der Waals surface area (Å²) >= 11 is 0. The monoisotopic (exact) mass is 269 g/mol. The zero-order valence-corrected chi connectivity index (χ0v) is 11.0. The number of nitrogens with one attached hydrogen (secondary N) is 1. The van der Waals surface area contributed by atoms with Crippen LogP contribution in [0.4, 0.5) is 13.2 Å². The summed E-state index contributed by atoms with van der Waals surface area (Å²) in [7, 11) is 0. The molecule has 0 spiro atoms. The van der Waals surface area contributed by atoms with Crippen LogP contribution in [0.15, 0.2) is 0 Å². The van der Waals surface area contributed by atoms with Crippen LogP contribution in [0.2, 0.25) is 0 Å². The molecule has 0 aromatic carbocycles. The molecular formula is C11H22F3N3O. The highest BCUT2D eigenvalue weighted by molar-refractivity contribution is 5.81. The lowest BCUT2D eigenvalue weighted by molar-refractivity contribution is -0.154. The molecule has 108 valence electrons. The number of alkyl halides is 3. The Bertz CT molecular complexity index is 256. The van der Waals surface area contributed by atoms with Crippen LogP contribution in [0.25, 0.3) is 0 Å². The van der Waals surface area contributed by atoms with Crippen LogP contribution in [0.1, 0.15) is 20.8 Å². The van der Waals surface area contributed by atoms with E-state index in [1.165, 1.54) is 6.92 Å². The van der Waals surface area contributed by atoms with E-state index in [9.17, 15) is 18.0 Å². The molecule has 0 aliphatic rings. The molecule has 0 heterocycles. The van der Waals surface area contributed by atoms with E-state index in [1.54, 1.807) is 0 Å². The molecule has 7 heteroatoms. The molecule has 1 amide bonds. The van der Waals surface area contributed by atoms with E-state index in [0.717, 1.165) is 4.90 Å². The van der Waals surface area contributed by atoms with Gasteiger partial charge in [0, 0.05) is 19.6 Å². The standard InChI is InChI=1S/C11H22F3N3O/c1-8(2)6-16-10(18)9(3)17(5-4-15)7-11(12,13)14/h8-9H,4-7,15H2,1-3H3,(H,16,18). The van der Waals surface area contributed by atoms with Gasteiger partial charge in [-0.05, 0) is 12.8 Å². The summed E-state index contributed by atoms with van der Waals surface area (Å²) in [6.07, 6.45) is -4.33. The molecular weight excluding hydrogens is 247 g/mol. The Balaban J connectivity index is 4.45. The summed E-state index contributed by atoms with van der Waals surface area (Å²) in [5, 5.41) is 2.62. The molecule has 0 aliphatic heterocycles. The minimum atomic E-state index is -4.33. The second-order valence-corrected chi connectivity index (χ2v) is 4.69. The maximum atomic E-state index is 12.4. The Morgan fingerprint density at radius 2 is 1.89 bits per heavy atom. The van der Waals surface area contributed by atoms with Gasteiger partial charge in [0.25, 0.3) is 0 Å². The fraction of sp³-hybridized carbons (Fsp3) is 0.909. The van der Waals surface area contributed by atoms with Crippen molar-refractivity contribution in [3.8, 4) is 0 Å². The summed E-state index contributed by atoms with van der Waals surface area (Å²) in [5.41, 5.74) is 5.27. The van der Waals surface area contributed by atoms with E-state index in [0.29, 0.717) is 6.54 Å². The highest BCUT2D eigenvalue weighted by Crippen LogP contribution is 2.17. The van der Waals surface area contributed by atoms with Crippen molar-refractivity contribution in [3.05, 3.63) is 0 Å². The molecule has 18 heavy (non-hydrogen) atoms. The van der Waals surface area contributed by atoms with Gasteiger partial charge in [-0.15, -0.1) is 0 Å². The summed E-state index contributed by atoms with van der Waals surface area (Å²) < 4.78 is 37.1. The van der Waals surface area contributed by atoms with E-state index in [2.05, 4.69) is 5.32 Å². The maximum Gasteiger partial charge on any atom is 0.401 e. The van der Waals surface area contributed by atoms with Crippen LogP contribution < -0.4 is 11.1 Å². The maximum absolute atomic E-state index is 12.4. The van der Waals surface area contributed by atoms with Crippen molar-refractivity contribution in [2.75, 3.05) is 26.2 Å². The molecule has 0 aromatic rings. The SMILES string of the molecule is CC(C)CNC(=O)C(C)N(CCN)CC(F)(F)F. The van der Waals surface area contributed by atoms with Crippen LogP contribution in [0.3, 0.4) is 0 Å². The third kappa shape index (κ3) is 7.50. The minimum Gasteiger partial charge on any atom is -0.354 e. The Labute approximate surface area is 106 Å². The Morgan fingerprint density at radius 1 is 1.33 bits per heavy atom. The number of nitrogens with zero attached hydrogens (tertiary/aromatic N) is 1. The van der Waals surface area contributed by atoms with Crippen molar-refractivity contribution in [2.24, 2.45) is 11.7 Å². The van der Waals surface area contributed by atoms with Crippen molar-refractivity contribution >= 4 is 5.91 Å². The lowest BCUT2D eigenvalue weighted by Crippen LogP contribution is -2.50. The molecule has 0 saturated heterocycles. The van der Waals surface area contributed by atoms with Crippen molar-refractivity contribution in [2.45, 2.75) is 33.0 Å². The van der Waals surface area contributed by atoms with Gasteiger partial charge in [-0.2, -0.15) is 13.2 Å². The van der Waals surface area contributed by atoms with Gasteiger partial charge < -0.3 is 11.1 Å². The fourth-order valence-corrected chi connectivity index (χ4v) is 1.42. The Hall–Kier alpha value is -0.820. The van der Waals surface area contributed by atoms with Gasteiger partial charge in [-0.25, -0.2) is 0 Å². The average molecular weight is 269 g/mol. The van der Waals surface area contributed by atoms with Crippen molar-refractivity contribution in [1.82, 2.24) is 10.2 Å². The molecule has 0 fully saturated rings. The summed E-state index contributed by atoms with van der Waals surface area (Å²) in [5.74, 6) is -0.145. The van der Waals surface area contributed by atoms with Gasteiger partial charge in [0.2, 0.25) is 5.91 Å². The number of carbonyl (C=O) groups excluding carboxylic acids is 1. The van der Waals surface area contributed by atoms with E-state index in [-0.39, 0.29) is 19.0 Å². The zero-order chi connectivity index (χ0) is 14.3. The molecule has 0 aromatic heterocycles. The smallest absolute Gasteiger partial charge is 0.354 e. The van der Waals surface area contributed by atoms with E-state index in [4.69, 9.17) is 5.73 Å². The first-order chi connectivity index (χ1) is 8.17. The average Bonchev–Trinajstić information content (AvgIpc) is 2.22. The van der Waals surface area contributed by atoms with Gasteiger partial charge >= 0.3 is 6.18 Å². The molecule has 1 unspecified atom stereocenters. The number of halogens is 3. The summed E-state index contributed by atoms with van der Waals surface area (Å²) in [4.78, 5) is 12.7.